The molecule has 0 aliphatic rings. The topological polar surface area (TPSA) is 0 Å². The summed E-state index contributed by atoms with van der Waals surface area (Å²) in [6.45, 7) is 0. The molecule has 0 unspecified atom stereocenters. The predicted octanol–water partition coefficient (Wildman–Crippen LogP) is 4.04. The van der Waals surface area contributed by atoms with Gasteiger partial charge in [-0.25, -0.2) is 8.78 Å². The average molecular weight is 241 g/mol. The SMILES string of the molecule is FC(F)c1ccc(Cl)cc1Br. The number of halogens is 4. The van der Waals surface area contributed by atoms with Crippen LogP contribution in [-0.4, -0.2) is 0 Å². The van der Waals surface area contributed by atoms with Crippen molar-refractivity contribution >= 4 is 27.5 Å². The maximum Gasteiger partial charge on any atom is 0.264 e. The molecule has 0 aliphatic heterocycles. The molecule has 4 heteroatoms. The Morgan fingerprint density at radius 3 is 2.45 bits per heavy atom. The molecule has 0 atom stereocenters. The summed E-state index contributed by atoms with van der Waals surface area (Å²) in [7, 11) is 0. The van der Waals surface area contributed by atoms with Crippen LogP contribution < -0.4 is 0 Å². The molecule has 11 heavy (non-hydrogen) atoms. The van der Waals surface area contributed by atoms with Gasteiger partial charge < -0.3 is 0 Å². The van der Waals surface area contributed by atoms with Gasteiger partial charge >= 0.3 is 0 Å². The Hall–Kier alpha value is -0.150. The van der Waals surface area contributed by atoms with Crippen molar-refractivity contribution in [3.05, 3.63) is 33.3 Å². The fourth-order valence-electron chi connectivity index (χ4n) is 0.678. The molecule has 0 aliphatic carbocycles. The van der Waals surface area contributed by atoms with Crippen molar-refractivity contribution < 1.29 is 8.78 Å². The molecule has 0 fully saturated rings. The van der Waals surface area contributed by atoms with Gasteiger partial charge in [-0.3, -0.25) is 0 Å². The zero-order chi connectivity index (χ0) is 8.43. The first-order valence-corrected chi connectivity index (χ1v) is 4.01. The fourth-order valence-corrected chi connectivity index (χ4v) is 1.53. The number of alkyl halides is 2. The highest BCUT2D eigenvalue weighted by Gasteiger charge is 2.10. The van der Waals surface area contributed by atoms with Crippen molar-refractivity contribution in [2.75, 3.05) is 0 Å². The summed E-state index contributed by atoms with van der Waals surface area (Å²) >= 11 is 8.53. The van der Waals surface area contributed by atoms with Crippen LogP contribution in [0.4, 0.5) is 8.78 Å². The predicted molar refractivity (Wildman–Crippen MR) is 44.1 cm³/mol. The highest BCUT2D eigenvalue weighted by Crippen LogP contribution is 2.29. The molecule has 0 nitrogen and oxygen atoms in total. The molecular weight excluding hydrogens is 237 g/mol. The van der Waals surface area contributed by atoms with Gasteiger partial charge in [0.1, 0.15) is 0 Å². The maximum absolute atomic E-state index is 12.1. The average Bonchev–Trinajstić information content (AvgIpc) is 1.85. The van der Waals surface area contributed by atoms with Gasteiger partial charge in [-0.2, -0.15) is 0 Å². The standard InChI is InChI=1S/C7H4BrClF2/c8-6-3-4(9)1-2-5(6)7(10)11/h1-3,7H. The van der Waals surface area contributed by atoms with Crippen LogP contribution in [-0.2, 0) is 0 Å². The second-order valence-corrected chi connectivity index (χ2v) is 3.26. The van der Waals surface area contributed by atoms with Crippen LogP contribution in [0, 0.1) is 0 Å². The second kappa shape index (κ2) is 3.50. The Balaban J connectivity index is 3.09. The lowest BCUT2D eigenvalue weighted by molar-refractivity contribution is 0.150. The van der Waals surface area contributed by atoms with E-state index < -0.39 is 6.43 Å². The normalized spacial score (nSPS) is 10.6. The van der Waals surface area contributed by atoms with Gasteiger partial charge in [0.15, 0.2) is 0 Å². The number of benzene rings is 1. The molecule has 0 amide bonds. The summed E-state index contributed by atoms with van der Waals surface area (Å²) in [5.74, 6) is 0. The quantitative estimate of drug-likeness (QED) is 0.696. The third-order valence-electron chi connectivity index (χ3n) is 1.20. The van der Waals surface area contributed by atoms with E-state index >= 15 is 0 Å². The van der Waals surface area contributed by atoms with Gasteiger partial charge in [-0.05, 0) is 12.1 Å². The molecular formula is C7H4BrClF2. The number of hydrogen-bond donors (Lipinski definition) is 0. The van der Waals surface area contributed by atoms with Gasteiger partial charge in [-0.15, -0.1) is 0 Å². The van der Waals surface area contributed by atoms with Gasteiger partial charge in [-0.1, -0.05) is 33.6 Å². The van der Waals surface area contributed by atoms with Crippen molar-refractivity contribution in [1.82, 2.24) is 0 Å². The summed E-state index contributed by atoms with van der Waals surface area (Å²) in [6, 6.07) is 4.19. The highest BCUT2D eigenvalue weighted by atomic mass is 79.9. The van der Waals surface area contributed by atoms with Crippen LogP contribution in [0.25, 0.3) is 0 Å². The molecule has 0 saturated carbocycles. The molecule has 60 valence electrons. The smallest absolute Gasteiger partial charge is 0.205 e. The van der Waals surface area contributed by atoms with E-state index in [2.05, 4.69) is 15.9 Å². The van der Waals surface area contributed by atoms with Crippen LogP contribution in [0.1, 0.15) is 12.0 Å². The summed E-state index contributed by atoms with van der Waals surface area (Å²) in [6.07, 6.45) is -2.46. The molecule has 1 aromatic carbocycles. The number of hydrogen-bond acceptors (Lipinski definition) is 0. The van der Waals surface area contributed by atoms with Crippen LogP contribution in [0.15, 0.2) is 22.7 Å². The van der Waals surface area contributed by atoms with E-state index in [9.17, 15) is 8.78 Å². The zero-order valence-electron chi connectivity index (χ0n) is 5.32. The van der Waals surface area contributed by atoms with Crippen molar-refractivity contribution in [3.8, 4) is 0 Å². The number of rotatable bonds is 1. The van der Waals surface area contributed by atoms with Gasteiger partial charge in [0.25, 0.3) is 6.43 Å². The largest absolute Gasteiger partial charge is 0.264 e. The fraction of sp³-hybridized carbons (Fsp3) is 0.143. The van der Waals surface area contributed by atoms with Gasteiger partial charge in [0.2, 0.25) is 0 Å². The summed E-state index contributed by atoms with van der Waals surface area (Å²) in [5, 5.41) is 0.446. The van der Waals surface area contributed by atoms with Crippen molar-refractivity contribution in [2.45, 2.75) is 6.43 Å². The monoisotopic (exact) mass is 240 g/mol. The first-order valence-electron chi connectivity index (χ1n) is 2.84. The van der Waals surface area contributed by atoms with Crippen LogP contribution >= 0.6 is 27.5 Å². The lowest BCUT2D eigenvalue weighted by Crippen LogP contribution is -1.84. The molecule has 0 bridgehead atoms. The molecule has 0 heterocycles. The van der Waals surface area contributed by atoms with Gasteiger partial charge in [0, 0.05) is 15.1 Å². The van der Waals surface area contributed by atoms with Crippen LogP contribution in [0.5, 0.6) is 0 Å². The summed E-state index contributed by atoms with van der Waals surface area (Å²) in [5.41, 5.74) is -0.0330. The molecule has 0 saturated heterocycles. The lowest BCUT2D eigenvalue weighted by Gasteiger charge is -2.01. The Kier molecular flexibility index (Phi) is 2.84. The van der Waals surface area contributed by atoms with E-state index in [-0.39, 0.29) is 5.56 Å². The summed E-state index contributed by atoms with van der Waals surface area (Å²) < 4.78 is 24.5. The molecule has 1 aromatic rings. The first kappa shape index (κ1) is 8.94. The zero-order valence-corrected chi connectivity index (χ0v) is 7.66. The van der Waals surface area contributed by atoms with E-state index in [0.717, 1.165) is 0 Å². The third-order valence-corrected chi connectivity index (χ3v) is 2.12. The van der Waals surface area contributed by atoms with Crippen LogP contribution in [0.2, 0.25) is 5.02 Å². The second-order valence-electron chi connectivity index (χ2n) is 1.97. The van der Waals surface area contributed by atoms with Crippen molar-refractivity contribution in [1.29, 1.82) is 0 Å². The minimum Gasteiger partial charge on any atom is -0.205 e. The first-order chi connectivity index (χ1) is 5.11. The minimum absolute atomic E-state index is 0.0330. The van der Waals surface area contributed by atoms with E-state index in [1.54, 1.807) is 0 Å². The van der Waals surface area contributed by atoms with E-state index in [0.29, 0.717) is 9.50 Å². The van der Waals surface area contributed by atoms with E-state index in [4.69, 9.17) is 11.6 Å². The minimum atomic E-state index is -2.46. The lowest BCUT2D eigenvalue weighted by atomic mass is 10.2. The Labute approximate surface area is 76.3 Å². The molecule has 1 rings (SSSR count). The molecule has 0 spiro atoms. The van der Waals surface area contributed by atoms with E-state index in [1.807, 2.05) is 0 Å². The maximum atomic E-state index is 12.1. The Bertz CT molecular complexity index is 263. The molecule has 0 radical (unpaired) electrons. The highest BCUT2D eigenvalue weighted by molar-refractivity contribution is 9.10. The molecule has 0 N–H and O–H groups in total. The Morgan fingerprint density at radius 1 is 1.36 bits per heavy atom. The van der Waals surface area contributed by atoms with Crippen LogP contribution in [0.3, 0.4) is 0 Å². The summed E-state index contributed by atoms with van der Waals surface area (Å²) in [4.78, 5) is 0. The molecule has 0 aromatic heterocycles. The van der Waals surface area contributed by atoms with Gasteiger partial charge in [0.05, 0.1) is 0 Å². The van der Waals surface area contributed by atoms with Crippen molar-refractivity contribution in [2.24, 2.45) is 0 Å². The van der Waals surface area contributed by atoms with E-state index in [1.165, 1.54) is 18.2 Å². The van der Waals surface area contributed by atoms with Crippen molar-refractivity contribution in [3.63, 3.8) is 0 Å². The third kappa shape index (κ3) is 2.14. The Morgan fingerprint density at radius 2 is 2.00 bits per heavy atom.